The lowest BCUT2D eigenvalue weighted by molar-refractivity contribution is 0.0908. The Morgan fingerprint density at radius 3 is 2.68 bits per heavy atom. The zero-order valence-electron chi connectivity index (χ0n) is 11.4. The summed E-state index contributed by atoms with van der Waals surface area (Å²) in [5.74, 6) is 0.290. The summed E-state index contributed by atoms with van der Waals surface area (Å²) in [6.07, 6.45) is 1.85. The summed E-state index contributed by atoms with van der Waals surface area (Å²) in [6, 6.07) is 5.96. The van der Waals surface area contributed by atoms with E-state index in [2.05, 4.69) is 35.1 Å². The number of benzene rings is 1. The van der Waals surface area contributed by atoms with Gasteiger partial charge < -0.3 is 9.73 Å². The summed E-state index contributed by atoms with van der Waals surface area (Å²) in [5, 5.41) is 3.98. The van der Waals surface area contributed by atoms with Gasteiger partial charge in [0.05, 0.1) is 0 Å². The van der Waals surface area contributed by atoms with Gasteiger partial charge in [-0.2, -0.15) is 0 Å². The van der Waals surface area contributed by atoms with Gasteiger partial charge in [-0.25, -0.2) is 0 Å². The molecule has 0 bridgehead atoms. The average molecular weight is 324 g/mol. The SMILES string of the molecule is CCC(CC)NC(=O)c1oc2ccc(Br)cc2c1C. The van der Waals surface area contributed by atoms with E-state index in [-0.39, 0.29) is 11.9 Å². The molecule has 0 aliphatic carbocycles. The Morgan fingerprint density at radius 2 is 2.05 bits per heavy atom. The van der Waals surface area contributed by atoms with Crippen molar-refractivity contribution >= 4 is 32.8 Å². The highest BCUT2D eigenvalue weighted by Gasteiger charge is 2.19. The monoisotopic (exact) mass is 323 g/mol. The zero-order chi connectivity index (χ0) is 14.0. The van der Waals surface area contributed by atoms with E-state index in [0.717, 1.165) is 33.8 Å². The number of nitrogens with one attached hydrogen (secondary N) is 1. The zero-order valence-corrected chi connectivity index (χ0v) is 13.0. The maximum absolute atomic E-state index is 12.2. The molecule has 0 saturated carbocycles. The van der Waals surface area contributed by atoms with Crippen LogP contribution in [0.1, 0.15) is 42.8 Å². The van der Waals surface area contributed by atoms with Crippen LogP contribution in [0.15, 0.2) is 27.1 Å². The lowest BCUT2D eigenvalue weighted by Crippen LogP contribution is -2.33. The van der Waals surface area contributed by atoms with Crippen LogP contribution in [0.5, 0.6) is 0 Å². The maximum Gasteiger partial charge on any atom is 0.287 e. The predicted molar refractivity (Wildman–Crippen MR) is 80.5 cm³/mol. The number of hydrogen-bond donors (Lipinski definition) is 1. The van der Waals surface area contributed by atoms with Gasteiger partial charge in [0, 0.05) is 21.5 Å². The van der Waals surface area contributed by atoms with Crippen molar-refractivity contribution in [3.05, 3.63) is 34.0 Å². The molecule has 0 aliphatic rings. The minimum atomic E-state index is -0.126. The van der Waals surface area contributed by atoms with Crippen LogP contribution in [0.3, 0.4) is 0 Å². The Morgan fingerprint density at radius 1 is 1.37 bits per heavy atom. The molecular formula is C15H18BrNO2. The van der Waals surface area contributed by atoms with Crippen LogP contribution in [-0.4, -0.2) is 11.9 Å². The summed E-state index contributed by atoms with van der Waals surface area (Å²) < 4.78 is 6.65. The fraction of sp³-hybridized carbons (Fsp3) is 0.400. The van der Waals surface area contributed by atoms with Crippen molar-refractivity contribution in [2.75, 3.05) is 0 Å². The Hall–Kier alpha value is -1.29. The van der Waals surface area contributed by atoms with Gasteiger partial charge in [0.15, 0.2) is 5.76 Å². The third-order valence-corrected chi connectivity index (χ3v) is 3.92. The highest BCUT2D eigenvalue weighted by Crippen LogP contribution is 2.28. The van der Waals surface area contributed by atoms with Crippen molar-refractivity contribution in [1.29, 1.82) is 0 Å². The molecule has 0 spiro atoms. The van der Waals surface area contributed by atoms with E-state index >= 15 is 0 Å². The number of furan rings is 1. The van der Waals surface area contributed by atoms with Crippen molar-refractivity contribution in [2.24, 2.45) is 0 Å². The van der Waals surface area contributed by atoms with Crippen LogP contribution in [0.2, 0.25) is 0 Å². The number of amides is 1. The number of fused-ring (bicyclic) bond motifs is 1. The minimum Gasteiger partial charge on any atom is -0.451 e. The van der Waals surface area contributed by atoms with Gasteiger partial charge in [-0.15, -0.1) is 0 Å². The lowest BCUT2D eigenvalue weighted by Gasteiger charge is -2.13. The number of carbonyl (C=O) groups is 1. The largest absolute Gasteiger partial charge is 0.451 e. The van der Waals surface area contributed by atoms with E-state index in [4.69, 9.17) is 4.42 Å². The van der Waals surface area contributed by atoms with Gasteiger partial charge in [-0.1, -0.05) is 29.8 Å². The van der Waals surface area contributed by atoms with Crippen molar-refractivity contribution in [1.82, 2.24) is 5.32 Å². The molecule has 0 saturated heterocycles. The lowest BCUT2D eigenvalue weighted by atomic mass is 10.1. The molecule has 1 N–H and O–H groups in total. The van der Waals surface area contributed by atoms with Gasteiger partial charge in [-0.3, -0.25) is 4.79 Å². The number of carbonyl (C=O) groups excluding carboxylic acids is 1. The molecule has 3 nitrogen and oxygen atoms in total. The van der Waals surface area contributed by atoms with Gasteiger partial charge in [0.1, 0.15) is 5.58 Å². The summed E-state index contributed by atoms with van der Waals surface area (Å²) >= 11 is 3.43. The second-order valence-electron chi connectivity index (χ2n) is 4.68. The topological polar surface area (TPSA) is 42.2 Å². The number of aryl methyl sites for hydroxylation is 1. The number of hydrogen-bond acceptors (Lipinski definition) is 2. The van der Waals surface area contributed by atoms with Gasteiger partial charge >= 0.3 is 0 Å². The van der Waals surface area contributed by atoms with Crippen LogP contribution in [0.25, 0.3) is 11.0 Å². The molecule has 1 amide bonds. The summed E-state index contributed by atoms with van der Waals surface area (Å²) in [7, 11) is 0. The predicted octanol–water partition coefficient (Wildman–Crippen LogP) is 4.42. The Kier molecular flexibility index (Phi) is 4.30. The van der Waals surface area contributed by atoms with E-state index in [1.807, 2.05) is 25.1 Å². The fourth-order valence-electron chi connectivity index (χ4n) is 2.15. The second-order valence-corrected chi connectivity index (χ2v) is 5.60. The van der Waals surface area contributed by atoms with Gasteiger partial charge in [-0.05, 0) is 38.0 Å². The summed E-state index contributed by atoms with van der Waals surface area (Å²) in [4.78, 5) is 12.2. The molecule has 102 valence electrons. The fourth-order valence-corrected chi connectivity index (χ4v) is 2.51. The van der Waals surface area contributed by atoms with E-state index in [1.165, 1.54) is 0 Å². The van der Waals surface area contributed by atoms with E-state index in [9.17, 15) is 4.79 Å². The molecule has 2 aromatic rings. The molecule has 0 fully saturated rings. The average Bonchev–Trinajstić information content (AvgIpc) is 2.73. The first-order valence-electron chi connectivity index (χ1n) is 6.56. The summed E-state index contributed by atoms with van der Waals surface area (Å²) in [6.45, 7) is 6.05. The third kappa shape index (κ3) is 2.84. The van der Waals surface area contributed by atoms with Crippen LogP contribution >= 0.6 is 15.9 Å². The molecule has 1 aromatic carbocycles. The van der Waals surface area contributed by atoms with Crippen LogP contribution in [-0.2, 0) is 0 Å². The van der Waals surface area contributed by atoms with Gasteiger partial charge in [0.2, 0.25) is 0 Å². The highest BCUT2D eigenvalue weighted by molar-refractivity contribution is 9.10. The smallest absolute Gasteiger partial charge is 0.287 e. The van der Waals surface area contributed by atoms with E-state index in [0.29, 0.717) is 5.76 Å². The molecule has 2 rings (SSSR count). The molecule has 0 atom stereocenters. The first-order valence-corrected chi connectivity index (χ1v) is 7.35. The molecule has 19 heavy (non-hydrogen) atoms. The maximum atomic E-state index is 12.2. The molecule has 0 aliphatic heterocycles. The van der Waals surface area contributed by atoms with Crippen LogP contribution in [0, 0.1) is 6.92 Å². The first-order chi connectivity index (χ1) is 9.06. The molecule has 1 heterocycles. The quantitative estimate of drug-likeness (QED) is 0.904. The first kappa shape index (κ1) is 14.1. The van der Waals surface area contributed by atoms with Crippen molar-refractivity contribution < 1.29 is 9.21 Å². The normalized spacial score (nSPS) is 11.2. The molecule has 0 unspecified atom stereocenters. The molecule has 4 heteroatoms. The van der Waals surface area contributed by atoms with Crippen molar-refractivity contribution in [2.45, 2.75) is 39.7 Å². The van der Waals surface area contributed by atoms with Gasteiger partial charge in [0.25, 0.3) is 5.91 Å². The van der Waals surface area contributed by atoms with Crippen molar-refractivity contribution in [3.8, 4) is 0 Å². The highest BCUT2D eigenvalue weighted by atomic mass is 79.9. The van der Waals surface area contributed by atoms with Crippen LogP contribution < -0.4 is 5.32 Å². The van der Waals surface area contributed by atoms with E-state index < -0.39 is 0 Å². The summed E-state index contributed by atoms with van der Waals surface area (Å²) in [5.41, 5.74) is 1.63. The second kappa shape index (κ2) is 5.78. The Labute approximate surface area is 121 Å². The van der Waals surface area contributed by atoms with Crippen molar-refractivity contribution in [3.63, 3.8) is 0 Å². The molecular weight excluding hydrogens is 306 g/mol. The third-order valence-electron chi connectivity index (χ3n) is 3.43. The minimum absolute atomic E-state index is 0.126. The van der Waals surface area contributed by atoms with E-state index in [1.54, 1.807) is 0 Å². The van der Waals surface area contributed by atoms with Crippen LogP contribution in [0.4, 0.5) is 0 Å². The molecule has 1 aromatic heterocycles. The Bertz CT molecular complexity index is 599. The number of rotatable bonds is 4. The Balaban J connectivity index is 2.35. The molecule has 0 radical (unpaired) electrons. The standard InChI is InChI=1S/C15H18BrNO2/c1-4-11(5-2)17-15(18)14-9(3)12-8-10(16)6-7-13(12)19-14/h6-8,11H,4-5H2,1-3H3,(H,17,18). The number of halogens is 1.